The Kier molecular flexibility index (Phi) is 5.65. The number of amides is 2. The number of aromatic nitrogens is 2. The van der Waals surface area contributed by atoms with Crippen LogP contribution in [0.4, 0.5) is 10.8 Å². The molecule has 0 aliphatic rings. The largest absolute Gasteiger partial charge is 0.322 e. The summed E-state index contributed by atoms with van der Waals surface area (Å²) in [6.07, 6.45) is 1.65. The highest BCUT2D eigenvalue weighted by molar-refractivity contribution is 8.01. The van der Waals surface area contributed by atoms with Crippen LogP contribution in [0.3, 0.4) is 0 Å². The second-order valence-electron chi connectivity index (χ2n) is 5.66. The number of anilines is 2. The average molecular weight is 427 g/mol. The molecule has 0 atom stereocenters. The molecular weight excluding hydrogens is 412 g/mol. The summed E-state index contributed by atoms with van der Waals surface area (Å²) in [6, 6.07) is 14.7. The molecule has 4 aromatic rings. The van der Waals surface area contributed by atoms with Crippen LogP contribution in [-0.2, 0) is 4.79 Å². The summed E-state index contributed by atoms with van der Waals surface area (Å²) in [7, 11) is 0. The van der Waals surface area contributed by atoms with E-state index >= 15 is 0 Å². The van der Waals surface area contributed by atoms with Gasteiger partial charge in [0, 0.05) is 22.8 Å². The van der Waals surface area contributed by atoms with Crippen LogP contribution < -0.4 is 10.6 Å². The van der Waals surface area contributed by atoms with Crippen molar-refractivity contribution in [2.24, 2.45) is 0 Å². The molecule has 2 aromatic carbocycles. The predicted molar refractivity (Wildman–Crippen MR) is 115 cm³/mol. The first-order chi connectivity index (χ1) is 13.7. The number of thiazole rings is 2. The Morgan fingerprint density at radius 3 is 2.71 bits per heavy atom. The number of thioether (sulfide) groups is 1. The van der Waals surface area contributed by atoms with Crippen LogP contribution in [0.2, 0.25) is 0 Å². The fourth-order valence-electron chi connectivity index (χ4n) is 2.40. The van der Waals surface area contributed by atoms with Gasteiger partial charge in [0.25, 0.3) is 5.91 Å². The highest BCUT2D eigenvalue weighted by Crippen LogP contribution is 2.31. The van der Waals surface area contributed by atoms with Crippen molar-refractivity contribution >= 4 is 67.3 Å². The SMILES string of the molecule is O=C(CSc1nc2ccc(NC(=O)c3ccccc3)cc2s1)Nc1nccs1. The van der Waals surface area contributed by atoms with Crippen LogP contribution in [0.5, 0.6) is 0 Å². The Hall–Kier alpha value is -2.75. The highest BCUT2D eigenvalue weighted by atomic mass is 32.2. The molecule has 0 saturated heterocycles. The maximum Gasteiger partial charge on any atom is 0.255 e. The molecule has 6 nitrogen and oxygen atoms in total. The number of rotatable bonds is 6. The van der Waals surface area contributed by atoms with Crippen LogP contribution in [0.25, 0.3) is 10.2 Å². The Morgan fingerprint density at radius 2 is 1.93 bits per heavy atom. The van der Waals surface area contributed by atoms with Crippen molar-refractivity contribution in [2.75, 3.05) is 16.4 Å². The van der Waals surface area contributed by atoms with E-state index in [-0.39, 0.29) is 17.6 Å². The van der Waals surface area contributed by atoms with Gasteiger partial charge in [-0.1, -0.05) is 30.0 Å². The van der Waals surface area contributed by atoms with E-state index in [0.717, 1.165) is 14.6 Å². The average Bonchev–Trinajstić information content (AvgIpc) is 3.36. The summed E-state index contributed by atoms with van der Waals surface area (Å²) in [5, 5.41) is 8.05. The number of nitrogens with one attached hydrogen (secondary N) is 2. The predicted octanol–water partition coefficient (Wildman–Crippen LogP) is 4.74. The summed E-state index contributed by atoms with van der Waals surface area (Å²) >= 11 is 4.25. The van der Waals surface area contributed by atoms with Gasteiger partial charge in [0.05, 0.1) is 16.0 Å². The molecule has 0 bridgehead atoms. The van der Waals surface area contributed by atoms with Gasteiger partial charge in [-0.3, -0.25) is 9.59 Å². The van der Waals surface area contributed by atoms with Crippen LogP contribution >= 0.6 is 34.4 Å². The number of benzene rings is 2. The van der Waals surface area contributed by atoms with Crippen LogP contribution in [-0.4, -0.2) is 27.5 Å². The maximum absolute atomic E-state index is 12.3. The van der Waals surface area contributed by atoms with Crippen molar-refractivity contribution in [3.63, 3.8) is 0 Å². The molecule has 4 rings (SSSR count). The molecule has 9 heteroatoms. The zero-order chi connectivity index (χ0) is 19.3. The van der Waals surface area contributed by atoms with Gasteiger partial charge in [0.1, 0.15) is 0 Å². The summed E-state index contributed by atoms with van der Waals surface area (Å²) in [5.74, 6) is -0.00951. The molecule has 0 unspecified atom stereocenters. The molecule has 2 aromatic heterocycles. The molecule has 0 spiro atoms. The molecule has 0 saturated carbocycles. The minimum atomic E-state index is -0.155. The van der Waals surface area contributed by atoms with Gasteiger partial charge in [-0.15, -0.1) is 22.7 Å². The molecule has 0 radical (unpaired) electrons. The van der Waals surface area contributed by atoms with E-state index in [9.17, 15) is 9.59 Å². The van der Waals surface area contributed by atoms with Gasteiger partial charge in [-0.2, -0.15) is 0 Å². The Morgan fingerprint density at radius 1 is 1.07 bits per heavy atom. The summed E-state index contributed by atoms with van der Waals surface area (Å²) in [6.45, 7) is 0. The van der Waals surface area contributed by atoms with Crippen molar-refractivity contribution in [1.82, 2.24) is 9.97 Å². The second kappa shape index (κ2) is 8.51. The van der Waals surface area contributed by atoms with Crippen molar-refractivity contribution in [3.05, 3.63) is 65.7 Å². The van der Waals surface area contributed by atoms with E-state index in [4.69, 9.17) is 0 Å². The first-order valence-corrected chi connectivity index (χ1v) is 10.9. The van der Waals surface area contributed by atoms with E-state index in [2.05, 4.69) is 20.6 Å². The summed E-state index contributed by atoms with van der Waals surface area (Å²) in [4.78, 5) is 32.8. The zero-order valence-electron chi connectivity index (χ0n) is 14.4. The summed E-state index contributed by atoms with van der Waals surface area (Å²) < 4.78 is 1.75. The van der Waals surface area contributed by atoms with E-state index in [0.29, 0.717) is 16.4 Å². The number of hydrogen-bond acceptors (Lipinski definition) is 7. The van der Waals surface area contributed by atoms with E-state index in [1.165, 1.54) is 34.4 Å². The number of carbonyl (C=O) groups is 2. The van der Waals surface area contributed by atoms with Gasteiger partial charge in [0.15, 0.2) is 9.47 Å². The maximum atomic E-state index is 12.3. The molecule has 0 fully saturated rings. The molecule has 2 N–H and O–H groups in total. The van der Waals surface area contributed by atoms with Crippen molar-refractivity contribution < 1.29 is 9.59 Å². The second-order valence-corrected chi connectivity index (χ2v) is 8.80. The molecule has 2 heterocycles. The summed E-state index contributed by atoms with van der Waals surface area (Å²) in [5.41, 5.74) is 2.16. The molecule has 0 aliphatic carbocycles. The van der Waals surface area contributed by atoms with Gasteiger partial charge < -0.3 is 10.6 Å². The monoisotopic (exact) mass is 426 g/mol. The smallest absolute Gasteiger partial charge is 0.255 e. The Labute approximate surface area is 173 Å². The fraction of sp³-hybridized carbons (Fsp3) is 0.0526. The number of fused-ring (bicyclic) bond motifs is 1. The number of carbonyl (C=O) groups excluding carboxylic acids is 2. The Balaban J connectivity index is 1.40. The molecule has 28 heavy (non-hydrogen) atoms. The third-order valence-corrected chi connectivity index (χ3v) is 6.52. The van der Waals surface area contributed by atoms with Gasteiger partial charge in [0.2, 0.25) is 5.91 Å². The van der Waals surface area contributed by atoms with Gasteiger partial charge in [-0.05, 0) is 30.3 Å². The van der Waals surface area contributed by atoms with E-state index in [1.54, 1.807) is 18.3 Å². The molecule has 0 aliphatic heterocycles. The van der Waals surface area contributed by atoms with Crippen LogP contribution in [0.15, 0.2) is 64.4 Å². The number of hydrogen-bond donors (Lipinski definition) is 2. The van der Waals surface area contributed by atoms with Crippen molar-refractivity contribution in [3.8, 4) is 0 Å². The third kappa shape index (κ3) is 4.56. The lowest BCUT2D eigenvalue weighted by Gasteiger charge is -2.04. The standard InChI is InChI=1S/C19H14N4O2S3/c24-16(23-18-20-8-9-26-18)11-27-19-22-14-7-6-13(10-15(14)28-19)21-17(25)12-4-2-1-3-5-12/h1-10H,11H2,(H,21,25)(H,20,23,24). The highest BCUT2D eigenvalue weighted by Gasteiger charge is 2.11. The van der Waals surface area contributed by atoms with Crippen LogP contribution in [0.1, 0.15) is 10.4 Å². The Bertz CT molecular complexity index is 1110. The molecule has 2 amide bonds. The number of nitrogens with zero attached hydrogens (tertiary/aromatic N) is 2. The lowest BCUT2D eigenvalue weighted by molar-refractivity contribution is -0.113. The fourth-order valence-corrected chi connectivity index (χ4v) is 4.86. The lowest BCUT2D eigenvalue weighted by atomic mass is 10.2. The van der Waals surface area contributed by atoms with Gasteiger partial charge >= 0.3 is 0 Å². The molecular formula is C19H14N4O2S3. The molecule has 140 valence electrons. The lowest BCUT2D eigenvalue weighted by Crippen LogP contribution is -2.13. The first kappa shape index (κ1) is 18.6. The zero-order valence-corrected chi connectivity index (χ0v) is 16.9. The van der Waals surface area contributed by atoms with Gasteiger partial charge in [-0.25, -0.2) is 9.97 Å². The minimum absolute atomic E-state index is 0.116. The van der Waals surface area contributed by atoms with E-state index in [1.807, 2.05) is 41.8 Å². The van der Waals surface area contributed by atoms with E-state index < -0.39 is 0 Å². The topological polar surface area (TPSA) is 84.0 Å². The van der Waals surface area contributed by atoms with Crippen molar-refractivity contribution in [1.29, 1.82) is 0 Å². The normalized spacial score (nSPS) is 10.7. The first-order valence-electron chi connectivity index (χ1n) is 8.26. The quantitative estimate of drug-likeness (QED) is 0.435. The van der Waals surface area contributed by atoms with Crippen molar-refractivity contribution in [2.45, 2.75) is 4.34 Å². The third-order valence-electron chi connectivity index (χ3n) is 3.67. The minimum Gasteiger partial charge on any atom is -0.322 e. The van der Waals surface area contributed by atoms with Crippen LogP contribution in [0, 0.1) is 0 Å².